The number of halogens is 1. The third kappa shape index (κ3) is 2.93. The molecule has 0 amide bonds. The molecule has 2 heterocycles. The van der Waals surface area contributed by atoms with E-state index in [1.165, 1.54) is 37.7 Å². The van der Waals surface area contributed by atoms with Crippen LogP contribution < -0.4 is 5.32 Å². The molecule has 1 fully saturated rings. The molecule has 0 saturated heterocycles. The Morgan fingerprint density at radius 1 is 1.21 bits per heavy atom. The van der Waals surface area contributed by atoms with Crippen LogP contribution in [0.2, 0.25) is 0 Å². The number of anilines is 1. The maximum atomic E-state index is 4.81. The molecule has 1 N–H and O–H groups in total. The summed E-state index contributed by atoms with van der Waals surface area (Å²) >= 11 is 3.55. The van der Waals surface area contributed by atoms with E-state index < -0.39 is 0 Å². The Kier molecular flexibility index (Phi) is 4.27. The van der Waals surface area contributed by atoms with Gasteiger partial charge in [-0.3, -0.25) is 4.40 Å². The van der Waals surface area contributed by atoms with Gasteiger partial charge in [-0.1, -0.05) is 41.3 Å². The van der Waals surface area contributed by atoms with Gasteiger partial charge in [0.05, 0.1) is 0 Å². The molecule has 4 nitrogen and oxygen atoms in total. The van der Waals surface area contributed by atoms with Crippen LogP contribution in [0.25, 0.3) is 17.0 Å². The third-order valence-corrected chi connectivity index (χ3v) is 5.29. The highest BCUT2D eigenvalue weighted by Gasteiger charge is 2.20. The molecule has 0 spiro atoms. The molecule has 3 aromatic rings. The van der Waals surface area contributed by atoms with Gasteiger partial charge in [-0.25, -0.2) is 9.97 Å². The van der Waals surface area contributed by atoms with Crippen LogP contribution >= 0.6 is 15.9 Å². The maximum Gasteiger partial charge on any atom is 0.235 e. The summed E-state index contributed by atoms with van der Waals surface area (Å²) in [5, 5.41) is 3.76. The second-order valence-electron chi connectivity index (χ2n) is 6.54. The fourth-order valence-corrected chi connectivity index (χ4v) is 4.02. The highest BCUT2D eigenvalue weighted by atomic mass is 79.9. The fourth-order valence-electron chi connectivity index (χ4n) is 3.55. The van der Waals surface area contributed by atoms with Gasteiger partial charge in [0.15, 0.2) is 0 Å². The van der Waals surface area contributed by atoms with Crippen molar-refractivity contribution < 1.29 is 0 Å². The first-order valence-corrected chi connectivity index (χ1v) is 9.38. The largest absolute Gasteiger partial charge is 0.367 e. The van der Waals surface area contributed by atoms with Crippen molar-refractivity contribution in [3.05, 3.63) is 46.7 Å². The predicted octanol–water partition coefficient (Wildman–Crippen LogP) is 5.21. The Balaban J connectivity index is 1.83. The molecule has 0 bridgehead atoms. The lowest BCUT2D eigenvalue weighted by atomic mass is 9.95. The Morgan fingerprint density at radius 2 is 2.04 bits per heavy atom. The summed E-state index contributed by atoms with van der Waals surface area (Å²) < 4.78 is 3.17. The molecular formula is C19H21BrN4. The first kappa shape index (κ1) is 15.6. The molecule has 1 aliphatic carbocycles. The number of rotatable bonds is 3. The standard InChI is InChI=1S/C19H21BrN4/c1-13-12-14(20)8-9-16(13)17-18(22-15-6-3-2-4-7-15)24-11-5-10-21-19(24)23-17/h5,8-12,15,22H,2-4,6-7H2,1H3. The van der Waals surface area contributed by atoms with Crippen LogP contribution in [0.15, 0.2) is 41.1 Å². The third-order valence-electron chi connectivity index (χ3n) is 4.79. The number of imidazole rings is 1. The van der Waals surface area contributed by atoms with Crippen molar-refractivity contribution in [3.8, 4) is 11.3 Å². The van der Waals surface area contributed by atoms with Gasteiger partial charge in [0, 0.05) is 28.5 Å². The van der Waals surface area contributed by atoms with E-state index in [0.717, 1.165) is 27.3 Å². The van der Waals surface area contributed by atoms with E-state index in [1.807, 2.05) is 12.3 Å². The van der Waals surface area contributed by atoms with Crippen molar-refractivity contribution in [2.45, 2.75) is 45.1 Å². The number of hydrogen-bond acceptors (Lipinski definition) is 3. The van der Waals surface area contributed by atoms with Crippen molar-refractivity contribution in [3.63, 3.8) is 0 Å². The highest BCUT2D eigenvalue weighted by Crippen LogP contribution is 2.33. The van der Waals surface area contributed by atoms with Crippen LogP contribution in [0.4, 0.5) is 5.82 Å². The molecule has 1 aliphatic rings. The predicted molar refractivity (Wildman–Crippen MR) is 101 cm³/mol. The molecule has 0 radical (unpaired) electrons. The number of aryl methyl sites for hydroxylation is 1. The zero-order chi connectivity index (χ0) is 16.5. The Labute approximate surface area is 150 Å². The molecule has 4 rings (SSSR count). The van der Waals surface area contributed by atoms with E-state index in [0.29, 0.717) is 6.04 Å². The molecule has 1 aromatic carbocycles. The van der Waals surface area contributed by atoms with Crippen LogP contribution in [-0.2, 0) is 0 Å². The molecule has 0 atom stereocenters. The van der Waals surface area contributed by atoms with Crippen molar-refractivity contribution >= 4 is 27.5 Å². The van der Waals surface area contributed by atoms with Crippen molar-refractivity contribution in [1.82, 2.24) is 14.4 Å². The molecule has 124 valence electrons. The molecule has 5 heteroatoms. The minimum Gasteiger partial charge on any atom is -0.367 e. The summed E-state index contributed by atoms with van der Waals surface area (Å²) in [6, 6.07) is 8.82. The number of fused-ring (bicyclic) bond motifs is 1. The number of benzene rings is 1. The van der Waals surface area contributed by atoms with E-state index in [2.05, 4.69) is 55.8 Å². The average molecular weight is 385 g/mol. The van der Waals surface area contributed by atoms with E-state index in [-0.39, 0.29) is 0 Å². The normalized spacial score (nSPS) is 15.8. The first-order valence-electron chi connectivity index (χ1n) is 8.58. The van der Waals surface area contributed by atoms with Gasteiger partial charge in [0.25, 0.3) is 0 Å². The monoisotopic (exact) mass is 384 g/mol. The lowest BCUT2D eigenvalue weighted by Gasteiger charge is -2.24. The van der Waals surface area contributed by atoms with Crippen LogP contribution in [0.3, 0.4) is 0 Å². The fraction of sp³-hybridized carbons (Fsp3) is 0.368. The van der Waals surface area contributed by atoms with Crippen molar-refractivity contribution in [1.29, 1.82) is 0 Å². The second-order valence-corrected chi connectivity index (χ2v) is 7.45. The van der Waals surface area contributed by atoms with Gasteiger partial charge < -0.3 is 5.32 Å². The van der Waals surface area contributed by atoms with Gasteiger partial charge >= 0.3 is 0 Å². The maximum absolute atomic E-state index is 4.81. The number of nitrogens with zero attached hydrogens (tertiary/aromatic N) is 3. The Morgan fingerprint density at radius 3 is 2.83 bits per heavy atom. The number of hydrogen-bond donors (Lipinski definition) is 1. The van der Waals surface area contributed by atoms with Crippen LogP contribution in [-0.4, -0.2) is 20.4 Å². The van der Waals surface area contributed by atoms with E-state index >= 15 is 0 Å². The number of aromatic nitrogens is 3. The quantitative estimate of drug-likeness (QED) is 0.673. The molecular weight excluding hydrogens is 364 g/mol. The second kappa shape index (κ2) is 6.55. The zero-order valence-corrected chi connectivity index (χ0v) is 15.4. The molecule has 0 aliphatic heterocycles. The van der Waals surface area contributed by atoms with E-state index in [4.69, 9.17) is 4.98 Å². The van der Waals surface area contributed by atoms with Gasteiger partial charge in [0.2, 0.25) is 5.78 Å². The van der Waals surface area contributed by atoms with Crippen LogP contribution in [0.5, 0.6) is 0 Å². The molecule has 2 aromatic heterocycles. The summed E-state index contributed by atoms with van der Waals surface area (Å²) in [5.41, 5.74) is 3.35. The van der Waals surface area contributed by atoms with Crippen LogP contribution in [0, 0.1) is 6.92 Å². The van der Waals surface area contributed by atoms with Gasteiger partial charge in [-0.15, -0.1) is 0 Å². The molecule has 0 unspecified atom stereocenters. The topological polar surface area (TPSA) is 42.2 Å². The zero-order valence-electron chi connectivity index (χ0n) is 13.8. The smallest absolute Gasteiger partial charge is 0.235 e. The van der Waals surface area contributed by atoms with Gasteiger partial charge in [-0.05, 0) is 43.5 Å². The summed E-state index contributed by atoms with van der Waals surface area (Å²) in [6.07, 6.45) is 10.3. The summed E-state index contributed by atoms with van der Waals surface area (Å²) in [6.45, 7) is 2.13. The summed E-state index contributed by atoms with van der Waals surface area (Å²) in [4.78, 5) is 9.24. The SMILES string of the molecule is Cc1cc(Br)ccc1-c1nc2ncccn2c1NC1CCCCC1. The molecule has 1 saturated carbocycles. The highest BCUT2D eigenvalue weighted by molar-refractivity contribution is 9.10. The van der Waals surface area contributed by atoms with Crippen molar-refractivity contribution in [2.24, 2.45) is 0 Å². The van der Waals surface area contributed by atoms with Gasteiger partial charge in [-0.2, -0.15) is 0 Å². The summed E-state index contributed by atoms with van der Waals surface area (Å²) in [5.74, 6) is 1.81. The first-order chi connectivity index (χ1) is 11.7. The van der Waals surface area contributed by atoms with Crippen molar-refractivity contribution in [2.75, 3.05) is 5.32 Å². The Bertz CT molecular complexity index is 865. The van der Waals surface area contributed by atoms with Gasteiger partial charge in [0.1, 0.15) is 11.5 Å². The number of nitrogens with one attached hydrogen (secondary N) is 1. The van der Waals surface area contributed by atoms with E-state index in [9.17, 15) is 0 Å². The molecule has 24 heavy (non-hydrogen) atoms. The lowest BCUT2D eigenvalue weighted by Crippen LogP contribution is -2.23. The lowest BCUT2D eigenvalue weighted by molar-refractivity contribution is 0.461. The van der Waals surface area contributed by atoms with Crippen LogP contribution in [0.1, 0.15) is 37.7 Å². The Hall–Kier alpha value is -1.88. The minimum atomic E-state index is 0.522. The van der Waals surface area contributed by atoms with E-state index in [1.54, 1.807) is 6.20 Å². The summed E-state index contributed by atoms with van der Waals surface area (Å²) in [7, 11) is 0. The average Bonchev–Trinajstić information content (AvgIpc) is 2.94. The minimum absolute atomic E-state index is 0.522.